The Kier molecular flexibility index (Phi) is 4.53. The van der Waals surface area contributed by atoms with Gasteiger partial charge in [0.2, 0.25) is 0 Å². The van der Waals surface area contributed by atoms with Gasteiger partial charge in [0.1, 0.15) is 0 Å². The topological polar surface area (TPSA) is 27.6 Å². The third kappa shape index (κ3) is 3.39. The Morgan fingerprint density at radius 3 is 2.81 bits per heavy atom. The first-order valence-electron chi connectivity index (χ1n) is 6.42. The first kappa shape index (κ1) is 12.2. The van der Waals surface area contributed by atoms with Crippen LogP contribution in [0.5, 0.6) is 0 Å². The summed E-state index contributed by atoms with van der Waals surface area (Å²) >= 11 is 1.88. The summed E-state index contributed by atoms with van der Waals surface area (Å²) in [6.45, 7) is 9.19. The number of nitrogens with zero attached hydrogens (tertiary/aromatic N) is 2. The van der Waals surface area contributed by atoms with Gasteiger partial charge in [-0.25, -0.2) is 0 Å². The van der Waals surface area contributed by atoms with Gasteiger partial charge in [-0.05, 0) is 38.8 Å². The summed E-state index contributed by atoms with van der Waals surface area (Å²) in [4.78, 5) is 7.18. The lowest BCUT2D eigenvalue weighted by atomic mass is 10.1. The quantitative estimate of drug-likeness (QED) is 0.816. The van der Waals surface area contributed by atoms with Crippen LogP contribution in [-0.2, 0) is 0 Å². The van der Waals surface area contributed by atoms with E-state index in [9.17, 15) is 0 Å². The van der Waals surface area contributed by atoms with Crippen molar-refractivity contribution in [2.75, 3.05) is 31.9 Å². The molecule has 2 fully saturated rings. The van der Waals surface area contributed by atoms with Crippen molar-refractivity contribution in [3.8, 4) is 0 Å². The molecule has 2 rings (SSSR count). The summed E-state index contributed by atoms with van der Waals surface area (Å²) < 4.78 is 0. The lowest BCUT2D eigenvalue weighted by molar-refractivity contribution is 0.349. The third-order valence-electron chi connectivity index (χ3n) is 3.56. The van der Waals surface area contributed by atoms with Crippen molar-refractivity contribution in [1.29, 1.82) is 0 Å². The summed E-state index contributed by atoms with van der Waals surface area (Å²) in [5.74, 6) is 1.96. The molecule has 2 aliphatic heterocycles. The Balaban J connectivity index is 1.70. The van der Waals surface area contributed by atoms with E-state index in [4.69, 9.17) is 0 Å². The van der Waals surface area contributed by atoms with E-state index in [1.54, 1.807) is 0 Å². The van der Waals surface area contributed by atoms with Crippen LogP contribution in [-0.4, -0.2) is 48.0 Å². The third-order valence-corrected chi connectivity index (χ3v) is 4.77. The molecule has 2 unspecified atom stereocenters. The maximum Gasteiger partial charge on any atom is 0.156 e. The normalized spacial score (nSPS) is 34.2. The van der Waals surface area contributed by atoms with E-state index >= 15 is 0 Å². The fourth-order valence-corrected chi connectivity index (χ4v) is 3.29. The van der Waals surface area contributed by atoms with E-state index in [0.29, 0.717) is 6.04 Å². The Morgan fingerprint density at radius 1 is 1.38 bits per heavy atom. The molecular formula is C12H23N3S. The second kappa shape index (κ2) is 5.92. The number of hydrogen-bond donors (Lipinski definition) is 1. The molecule has 0 amide bonds. The minimum absolute atomic E-state index is 0.576. The average molecular weight is 241 g/mol. The van der Waals surface area contributed by atoms with E-state index in [1.165, 1.54) is 31.7 Å². The van der Waals surface area contributed by atoms with Crippen LogP contribution in [0.25, 0.3) is 0 Å². The van der Waals surface area contributed by atoms with E-state index in [-0.39, 0.29) is 0 Å². The van der Waals surface area contributed by atoms with E-state index < -0.39 is 0 Å². The van der Waals surface area contributed by atoms with Gasteiger partial charge in [-0.15, -0.1) is 0 Å². The molecule has 0 radical (unpaired) electrons. The van der Waals surface area contributed by atoms with Gasteiger partial charge < -0.3 is 10.2 Å². The van der Waals surface area contributed by atoms with Crippen LogP contribution in [0.15, 0.2) is 4.99 Å². The van der Waals surface area contributed by atoms with Crippen LogP contribution >= 0.6 is 11.8 Å². The molecule has 1 N–H and O–H groups in total. The van der Waals surface area contributed by atoms with Crippen LogP contribution in [0.2, 0.25) is 0 Å². The van der Waals surface area contributed by atoms with Crippen LogP contribution in [0, 0.1) is 5.92 Å². The van der Waals surface area contributed by atoms with Gasteiger partial charge in [0.25, 0.3) is 0 Å². The molecule has 0 spiro atoms. The first-order valence-corrected chi connectivity index (χ1v) is 7.40. The Bertz CT molecular complexity index is 249. The van der Waals surface area contributed by atoms with Crippen molar-refractivity contribution in [3.05, 3.63) is 0 Å². The number of rotatable bonds is 3. The largest absolute Gasteiger partial charge is 0.362 e. The van der Waals surface area contributed by atoms with Crippen molar-refractivity contribution in [2.45, 2.75) is 32.7 Å². The predicted molar refractivity (Wildman–Crippen MR) is 72.2 cm³/mol. The van der Waals surface area contributed by atoms with E-state index in [1.807, 2.05) is 11.8 Å². The molecule has 0 aliphatic carbocycles. The highest BCUT2D eigenvalue weighted by atomic mass is 32.2. The summed E-state index contributed by atoms with van der Waals surface area (Å²) in [5, 5.41) is 4.64. The minimum atomic E-state index is 0.576. The SMILES string of the molecule is CC1CSC(=NCCN2CCCC2)NC1C. The zero-order chi connectivity index (χ0) is 11.4. The molecule has 3 nitrogen and oxygen atoms in total. The zero-order valence-electron chi connectivity index (χ0n) is 10.4. The molecule has 0 bridgehead atoms. The molecule has 2 atom stereocenters. The summed E-state index contributed by atoms with van der Waals surface area (Å²) in [6.07, 6.45) is 2.75. The minimum Gasteiger partial charge on any atom is -0.362 e. The zero-order valence-corrected chi connectivity index (χ0v) is 11.2. The van der Waals surface area contributed by atoms with Gasteiger partial charge in [-0.2, -0.15) is 0 Å². The number of nitrogens with one attached hydrogen (secondary N) is 1. The average Bonchev–Trinajstić information content (AvgIpc) is 2.76. The molecule has 0 aromatic heterocycles. The second-order valence-corrected chi connectivity index (χ2v) is 5.97. The highest BCUT2D eigenvalue weighted by Gasteiger charge is 2.20. The van der Waals surface area contributed by atoms with Gasteiger partial charge in [-0.1, -0.05) is 18.7 Å². The van der Waals surface area contributed by atoms with E-state index in [2.05, 4.69) is 29.1 Å². The molecule has 16 heavy (non-hydrogen) atoms. The van der Waals surface area contributed by atoms with Crippen LogP contribution in [0.3, 0.4) is 0 Å². The number of amidine groups is 1. The Labute approximate surface area is 103 Å². The molecule has 0 saturated carbocycles. The molecule has 0 aromatic rings. The first-order chi connectivity index (χ1) is 7.75. The van der Waals surface area contributed by atoms with Gasteiger partial charge in [-0.3, -0.25) is 4.99 Å². The fourth-order valence-electron chi connectivity index (χ4n) is 2.12. The second-order valence-electron chi connectivity index (χ2n) is 4.96. The molecule has 92 valence electrons. The number of likely N-dealkylation sites (tertiary alicyclic amines) is 1. The molecule has 4 heteroatoms. The molecular weight excluding hydrogens is 218 g/mol. The van der Waals surface area contributed by atoms with Crippen LogP contribution in [0.1, 0.15) is 26.7 Å². The smallest absolute Gasteiger partial charge is 0.156 e. The number of hydrogen-bond acceptors (Lipinski definition) is 3. The lowest BCUT2D eigenvalue weighted by Crippen LogP contribution is -2.41. The van der Waals surface area contributed by atoms with Gasteiger partial charge in [0, 0.05) is 18.3 Å². The van der Waals surface area contributed by atoms with Crippen molar-refractivity contribution in [2.24, 2.45) is 10.9 Å². The Hall–Kier alpha value is -0.220. The Morgan fingerprint density at radius 2 is 2.12 bits per heavy atom. The van der Waals surface area contributed by atoms with Gasteiger partial charge in [0.15, 0.2) is 5.17 Å². The maximum absolute atomic E-state index is 4.66. The number of thioether (sulfide) groups is 1. The van der Waals surface area contributed by atoms with Gasteiger partial charge >= 0.3 is 0 Å². The maximum atomic E-state index is 4.66. The summed E-state index contributed by atoms with van der Waals surface area (Å²) in [6, 6.07) is 0.576. The van der Waals surface area contributed by atoms with Crippen molar-refractivity contribution in [1.82, 2.24) is 10.2 Å². The monoisotopic (exact) mass is 241 g/mol. The van der Waals surface area contributed by atoms with Crippen molar-refractivity contribution >= 4 is 16.9 Å². The van der Waals surface area contributed by atoms with Crippen LogP contribution in [0.4, 0.5) is 0 Å². The lowest BCUT2D eigenvalue weighted by Gasteiger charge is -2.28. The highest BCUT2D eigenvalue weighted by molar-refractivity contribution is 8.13. The molecule has 2 heterocycles. The predicted octanol–water partition coefficient (Wildman–Crippen LogP) is 1.80. The van der Waals surface area contributed by atoms with Crippen molar-refractivity contribution < 1.29 is 0 Å². The summed E-state index contributed by atoms with van der Waals surface area (Å²) in [5.41, 5.74) is 0. The summed E-state index contributed by atoms with van der Waals surface area (Å²) in [7, 11) is 0. The van der Waals surface area contributed by atoms with Gasteiger partial charge in [0.05, 0.1) is 6.54 Å². The highest BCUT2D eigenvalue weighted by Crippen LogP contribution is 2.19. The fraction of sp³-hybridized carbons (Fsp3) is 0.917. The number of aliphatic imine (C=N–C) groups is 1. The van der Waals surface area contributed by atoms with Crippen molar-refractivity contribution in [3.63, 3.8) is 0 Å². The molecule has 2 aliphatic rings. The molecule has 0 aromatic carbocycles. The van der Waals surface area contributed by atoms with Crippen LogP contribution < -0.4 is 5.32 Å². The molecule has 2 saturated heterocycles. The van der Waals surface area contributed by atoms with E-state index in [0.717, 1.165) is 24.2 Å². The standard InChI is InChI=1S/C12H23N3S/c1-10-9-16-12(14-11(10)2)13-5-8-15-6-3-4-7-15/h10-11H,3-9H2,1-2H3,(H,13,14).